The molecule has 0 fully saturated rings. The highest BCUT2D eigenvalue weighted by molar-refractivity contribution is 5.96. The molecule has 0 heterocycles. The number of amides is 1. The molecule has 0 aliphatic carbocycles. The molecular weight excluding hydrogens is 268 g/mol. The predicted molar refractivity (Wildman–Crippen MR) is 82.7 cm³/mol. The van der Waals surface area contributed by atoms with E-state index >= 15 is 0 Å². The lowest BCUT2D eigenvalue weighted by molar-refractivity contribution is -0.122. The molecule has 1 aromatic rings. The highest BCUT2D eigenvalue weighted by atomic mass is 16.5. The summed E-state index contributed by atoms with van der Waals surface area (Å²) >= 11 is 0. The average Bonchev–Trinajstić information content (AvgIpc) is 2.45. The average molecular weight is 292 g/mol. The fourth-order valence-corrected chi connectivity index (χ4v) is 1.84. The van der Waals surface area contributed by atoms with Crippen LogP contribution in [-0.4, -0.2) is 49.9 Å². The molecule has 0 aromatic heterocycles. The number of ether oxygens (including phenoxy) is 1. The SMILES string of the molecule is CCCNC(=O)CN(C)CCOc1ccccc1C(C)=O. The van der Waals surface area contributed by atoms with Gasteiger partial charge in [0.15, 0.2) is 5.78 Å². The Morgan fingerprint density at radius 1 is 1.29 bits per heavy atom. The van der Waals surface area contributed by atoms with Crippen molar-refractivity contribution in [2.24, 2.45) is 0 Å². The number of nitrogens with zero attached hydrogens (tertiary/aromatic N) is 1. The molecule has 21 heavy (non-hydrogen) atoms. The number of hydrogen-bond acceptors (Lipinski definition) is 4. The Morgan fingerprint density at radius 2 is 2.00 bits per heavy atom. The highest BCUT2D eigenvalue weighted by Crippen LogP contribution is 2.18. The molecule has 0 spiro atoms. The molecule has 1 rings (SSSR count). The van der Waals surface area contributed by atoms with Gasteiger partial charge in [0.05, 0.1) is 12.1 Å². The summed E-state index contributed by atoms with van der Waals surface area (Å²) in [4.78, 5) is 24.9. The summed E-state index contributed by atoms with van der Waals surface area (Å²) in [6, 6.07) is 7.18. The molecule has 0 saturated carbocycles. The quantitative estimate of drug-likeness (QED) is 0.704. The van der Waals surface area contributed by atoms with Crippen LogP contribution >= 0.6 is 0 Å². The number of para-hydroxylation sites is 1. The third kappa shape index (κ3) is 6.40. The van der Waals surface area contributed by atoms with E-state index in [0.29, 0.717) is 37.6 Å². The first-order chi connectivity index (χ1) is 10.0. The number of hydrogen-bond donors (Lipinski definition) is 1. The summed E-state index contributed by atoms with van der Waals surface area (Å²) in [5.74, 6) is 0.593. The fourth-order valence-electron chi connectivity index (χ4n) is 1.84. The zero-order chi connectivity index (χ0) is 15.7. The molecule has 5 heteroatoms. The Balaban J connectivity index is 2.36. The summed E-state index contributed by atoms with van der Waals surface area (Å²) in [5, 5.41) is 2.83. The molecule has 0 radical (unpaired) electrons. The minimum absolute atomic E-state index is 0.0158. The van der Waals surface area contributed by atoms with Gasteiger partial charge in [-0.05, 0) is 32.5 Å². The van der Waals surface area contributed by atoms with Crippen molar-refractivity contribution in [3.05, 3.63) is 29.8 Å². The minimum Gasteiger partial charge on any atom is -0.491 e. The lowest BCUT2D eigenvalue weighted by Gasteiger charge is -2.17. The molecule has 0 atom stereocenters. The molecule has 1 aromatic carbocycles. The molecule has 0 aliphatic heterocycles. The van der Waals surface area contributed by atoms with Crippen LogP contribution in [-0.2, 0) is 4.79 Å². The smallest absolute Gasteiger partial charge is 0.234 e. The van der Waals surface area contributed by atoms with Crippen LogP contribution in [0.4, 0.5) is 0 Å². The number of likely N-dealkylation sites (N-methyl/N-ethyl adjacent to an activating group) is 1. The second kappa shape index (κ2) is 9.13. The van der Waals surface area contributed by atoms with Gasteiger partial charge in [0.25, 0.3) is 0 Å². The predicted octanol–water partition coefficient (Wildman–Crippen LogP) is 1.73. The Kier molecular flexibility index (Phi) is 7.46. The number of rotatable bonds is 9. The van der Waals surface area contributed by atoms with Gasteiger partial charge >= 0.3 is 0 Å². The fraction of sp³-hybridized carbons (Fsp3) is 0.500. The van der Waals surface area contributed by atoms with Gasteiger partial charge in [-0.15, -0.1) is 0 Å². The van der Waals surface area contributed by atoms with Crippen molar-refractivity contribution in [2.45, 2.75) is 20.3 Å². The van der Waals surface area contributed by atoms with Crippen molar-refractivity contribution >= 4 is 11.7 Å². The van der Waals surface area contributed by atoms with E-state index in [2.05, 4.69) is 5.32 Å². The van der Waals surface area contributed by atoms with Crippen LogP contribution in [0.15, 0.2) is 24.3 Å². The van der Waals surface area contributed by atoms with Crippen molar-refractivity contribution in [1.29, 1.82) is 0 Å². The Hall–Kier alpha value is -1.88. The van der Waals surface area contributed by atoms with Gasteiger partial charge in [-0.25, -0.2) is 0 Å². The van der Waals surface area contributed by atoms with Gasteiger partial charge in [-0.1, -0.05) is 19.1 Å². The molecule has 0 saturated heterocycles. The molecular formula is C16H24N2O3. The zero-order valence-corrected chi connectivity index (χ0v) is 13.0. The second-order valence-electron chi connectivity index (χ2n) is 4.99. The number of benzene rings is 1. The first kappa shape index (κ1) is 17.2. The monoisotopic (exact) mass is 292 g/mol. The van der Waals surface area contributed by atoms with Crippen molar-refractivity contribution in [3.63, 3.8) is 0 Å². The highest BCUT2D eigenvalue weighted by Gasteiger charge is 2.09. The van der Waals surface area contributed by atoms with Crippen molar-refractivity contribution in [2.75, 3.05) is 33.3 Å². The summed E-state index contributed by atoms with van der Waals surface area (Å²) in [5.41, 5.74) is 0.584. The van der Waals surface area contributed by atoms with Crippen molar-refractivity contribution < 1.29 is 14.3 Å². The molecule has 116 valence electrons. The first-order valence-electron chi connectivity index (χ1n) is 7.22. The van der Waals surface area contributed by atoms with Crippen LogP contribution in [0.1, 0.15) is 30.6 Å². The normalized spacial score (nSPS) is 10.5. The number of ketones is 1. The van der Waals surface area contributed by atoms with Crippen LogP contribution in [0.3, 0.4) is 0 Å². The number of carbonyl (C=O) groups is 2. The van der Waals surface area contributed by atoms with Crippen LogP contribution in [0.25, 0.3) is 0 Å². The molecule has 0 unspecified atom stereocenters. The van der Waals surface area contributed by atoms with Crippen molar-refractivity contribution in [3.8, 4) is 5.75 Å². The van der Waals surface area contributed by atoms with E-state index in [-0.39, 0.29) is 11.7 Å². The van der Waals surface area contributed by atoms with E-state index < -0.39 is 0 Å². The van der Waals surface area contributed by atoms with Crippen LogP contribution in [0, 0.1) is 0 Å². The molecule has 5 nitrogen and oxygen atoms in total. The van der Waals surface area contributed by atoms with Crippen molar-refractivity contribution in [1.82, 2.24) is 10.2 Å². The molecule has 1 N–H and O–H groups in total. The third-order valence-corrected chi connectivity index (χ3v) is 2.98. The first-order valence-corrected chi connectivity index (χ1v) is 7.22. The summed E-state index contributed by atoms with van der Waals surface area (Å²) < 4.78 is 5.64. The summed E-state index contributed by atoms with van der Waals surface area (Å²) in [6.45, 7) is 5.64. The second-order valence-corrected chi connectivity index (χ2v) is 4.99. The van der Waals surface area contributed by atoms with Crippen LogP contribution in [0.2, 0.25) is 0 Å². The van der Waals surface area contributed by atoms with Gasteiger partial charge in [0.2, 0.25) is 5.91 Å². The molecule has 0 aliphatic rings. The maximum atomic E-state index is 11.6. The number of Topliss-reactive ketones (excluding diaryl/α,β-unsaturated/α-hetero) is 1. The zero-order valence-electron chi connectivity index (χ0n) is 13.0. The van der Waals surface area contributed by atoms with Gasteiger partial charge in [-0.2, -0.15) is 0 Å². The third-order valence-electron chi connectivity index (χ3n) is 2.98. The van der Waals surface area contributed by atoms with E-state index in [9.17, 15) is 9.59 Å². The van der Waals surface area contributed by atoms with E-state index in [1.165, 1.54) is 6.92 Å². The van der Waals surface area contributed by atoms with E-state index in [1.807, 2.05) is 31.0 Å². The Bertz CT molecular complexity index is 474. The van der Waals surface area contributed by atoms with Gasteiger partial charge in [0, 0.05) is 13.1 Å². The Labute approximate surface area is 126 Å². The summed E-state index contributed by atoms with van der Waals surface area (Å²) in [7, 11) is 1.87. The van der Waals surface area contributed by atoms with Crippen LogP contribution in [0.5, 0.6) is 5.75 Å². The lowest BCUT2D eigenvalue weighted by Crippen LogP contribution is -2.37. The Morgan fingerprint density at radius 3 is 2.67 bits per heavy atom. The topological polar surface area (TPSA) is 58.6 Å². The van der Waals surface area contributed by atoms with Gasteiger partial charge in [0.1, 0.15) is 12.4 Å². The summed E-state index contributed by atoms with van der Waals surface area (Å²) in [6.07, 6.45) is 0.931. The van der Waals surface area contributed by atoms with E-state index in [0.717, 1.165) is 6.42 Å². The lowest BCUT2D eigenvalue weighted by atomic mass is 10.1. The molecule has 0 bridgehead atoms. The standard InChI is InChI=1S/C16H24N2O3/c1-4-9-17-16(20)12-18(3)10-11-21-15-8-6-5-7-14(15)13(2)19/h5-8H,4,9-12H2,1-3H3,(H,17,20). The van der Waals surface area contributed by atoms with Crippen LogP contribution < -0.4 is 10.1 Å². The van der Waals surface area contributed by atoms with Gasteiger partial charge in [-0.3, -0.25) is 14.5 Å². The minimum atomic E-state index is -0.0158. The number of nitrogens with one attached hydrogen (secondary N) is 1. The van der Waals surface area contributed by atoms with E-state index in [1.54, 1.807) is 12.1 Å². The molecule has 1 amide bonds. The van der Waals surface area contributed by atoms with E-state index in [4.69, 9.17) is 4.74 Å². The largest absolute Gasteiger partial charge is 0.491 e. The maximum absolute atomic E-state index is 11.6. The number of carbonyl (C=O) groups excluding carboxylic acids is 2. The maximum Gasteiger partial charge on any atom is 0.234 e. The van der Waals surface area contributed by atoms with Gasteiger partial charge < -0.3 is 10.1 Å².